The number of piperidine rings is 1. The number of nitrogens with one attached hydrogen (secondary N) is 1. The fourth-order valence-electron chi connectivity index (χ4n) is 2.67. The monoisotopic (exact) mass is 391 g/mol. The Bertz CT molecular complexity index is 697. The molecule has 0 saturated carbocycles. The average Bonchev–Trinajstić information content (AvgIpc) is 2.59. The highest BCUT2D eigenvalue weighted by Gasteiger charge is 2.33. The number of hydrogen-bond acceptors (Lipinski definition) is 5. The molecule has 1 atom stereocenters. The summed E-state index contributed by atoms with van der Waals surface area (Å²) in [6.45, 7) is 1.35. The van der Waals surface area contributed by atoms with Crippen molar-refractivity contribution in [1.82, 2.24) is 9.62 Å². The van der Waals surface area contributed by atoms with Gasteiger partial charge in [-0.05, 0) is 37.3 Å². The van der Waals surface area contributed by atoms with E-state index in [0.717, 1.165) is 4.90 Å². The van der Waals surface area contributed by atoms with Crippen LogP contribution in [0.15, 0.2) is 28.0 Å². The predicted octanol–water partition coefficient (Wildman–Crippen LogP) is 1.54. The summed E-state index contributed by atoms with van der Waals surface area (Å²) < 4.78 is 27.0. The Balaban J connectivity index is 2.16. The molecule has 1 heterocycles. The molecular formula is C15H22ClN3O3S2. The number of halogens is 1. The second kappa shape index (κ2) is 8.53. The van der Waals surface area contributed by atoms with Crippen molar-refractivity contribution in [3.05, 3.63) is 23.2 Å². The van der Waals surface area contributed by atoms with Gasteiger partial charge in [0.05, 0.1) is 15.8 Å². The maximum Gasteiger partial charge on any atom is 0.243 e. The third-order valence-corrected chi connectivity index (χ3v) is 7.04. The van der Waals surface area contributed by atoms with Crippen LogP contribution in [0, 0.1) is 5.92 Å². The number of amides is 1. The van der Waals surface area contributed by atoms with Crippen molar-refractivity contribution in [1.29, 1.82) is 0 Å². The van der Waals surface area contributed by atoms with Gasteiger partial charge in [-0.25, -0.2) is 8.42 Å². The van der Waals surface area contributed by atoms with Gasteiger partial charge >= 0.3 is 0 Å². The van der Waals surface area contributed by atoms with E-state index < -0.39 is 10.0 Å². The van der Waals surface area contributed by atoms with Gasteiger partial charge in [0.1, 0.15) is 0 Å². The summed E-state index contributed by atoms with van der Waals surface area (Å²) in [7, 11) is -3.66. The minimum atomic E-state index is -3.66. The van der Waals surface area contributed by atoms with Gasteiger partial charge in [0.15, 0.2) is 0 Å². The van der Waals surface area contributed by atoms with Crippen LogP contribution in [-0.4, -0.2) is 51.1 Å². The second-order valence-corrected chi connectivity index (χ2v) is 8.77. The molecule has 24 heavy (non-hydrogen) atoms. The lowest BCUT2D eigenvalue weighted by Crippen LogP contribution is -2.46. The van der Waals surface area contributed by atoms with Crippen LogP contribution in [0.4, 0.5) is 0 Å². The number of hydrogen-bond donors (Lipinski definition) is 2. The molecule has 1 aromatic carbocycles. The van der Waals surface area contributed by atoms with E-state index in [1.165, 1.54) is 22.1 Å². The van der Waals surface area contributed by atoms with Gasteiger partial charge in [-0.15, -0.1) is 11.8 Å². The summed E-state index contributed by atoms with van der Waals surface area (Å²) in [5, 5.41) is 3.14. The van der Waals surface area contributed by atoms with Crippen LogP contribution in [0.2, 0.25) is 5.02 Å². The molecule has 6 nitrogen and oxygen atoms in total. The Morgan fingerprint density at radius 1 is 1.50 bits per heavy atom. The molecule has 134 valence electrons. The zero-order chi connectivity index (χ0) is 17.7. The number of nitrogens with zero attached hydrogens (tertiary/aromatic N) is 1. The molecule has 2 rings (SSSR count). The average molecular weight is 392 g/mol. The Labute approximate surface area is 152 Å². The minimum Gasteiger partial charge on any atom is -0.355 e. The van der Waals surface area contributed by atoms with E-state index >= 15 is 0 Å². The molecule has 0 spiro atoms. The second-order valence-electron chi connectivity index (χ2n) is 5.58. The molecule has 0 bridgehead atoms. The number of carbonyl (C=O) groups excluding carboxylic acids is 1. The van der Waals surface area contributed by atoms with Gasteiger partial charge in [-0.2, -0.15) is 4.31 Å². The summed E-state index contributed by atoms with van der Waals surface area (Å²) in [6.07, 6.45) is 3.20. The number of nitrogens with two attached hydrogens (primary N) is 1. The SMILES string of the molecule is CSc1ccc(S(=O)(=O)N2CCCC(C(=O)NCCN)C2)cc1Cl. The van der Waals surface area contributed by atoms with Gasteiger partial charge in [-0.3, -0.25) is 4.79 Å². The number of carbonyl (C=O) groups is 1. The lowest BCUT2D eigenvalue weighted by Gasteiger charge is -2.31. The molecule has 1 aliphatic heterocycles. The van der Waals surface area contributed by atoms with Crippen molar-refractivity contribution in [2.24, 2.45) is 11.7 Å². The highest BCUT2D eigenvalue weighted by Crippen LogP contribution is 2.30. The van der Waals surface area contributed by atoms with E-state index in [9.17, 15) is 13.2 Å². The van der Waals surface area contributed by atoms with Crippen LogP contribution in [0.5, 0.6) is 0 Å². The third kappa shape index (κ3) is 4.43. The molecule has 1 saturated heterocycles. The third-order valence-electron chi connectivity index (χ3n) is 3.96. The van der Waals surface area contributed by atoms with E-state index in [1.807, 2.05) is 6.26 Å². The fraction of sp³-hybridized carbons (Fsp3) is 0.533. The van der Waals surface area contributed by atoms with Gasteiger partial charge in [0.2, 0.25) is 15.9 Å². The first kappa shape index (κ1) is 19.5. The summed E-state index contributed by atoms with van der Waals surface area (Å²) in [4.78, 5) is 13.1. The Hall–Kier alpha value is -0.800. The zero-order valence-corrected chi connectivity index (χ0v) is 15.9. The van der Waals surface area contributed by atoms with E-state index in [4.69, 9.17) is 17.3 Å². The molecule has 1 amide bonds. The summed E-state index contributed by atoms with van der Waals surface area (Å²) in [6, 6.07) is 4.74. The number of rotatable bonds is 6. The molecule has 0 aromatic heterocycles. The summed E-state index contributed by atoms with van der Waals surface area (Å²) in [5.41, 5.74) is 5.38. The van der Waals surface area contributed by atoms with Crippen molar-refractivity contribution in [3.8, 4) is 0 Å². The molecule has 1 unspecified atom stereocenters. The van der Waals surface area contributed by atoms with Crippen LogP contribution in [0.3, 0.4) is 0 Å². The number of benzene rings is 1. The summed E-state index contributed by atoms with van der Waals surface area (Å²) in [5.74, 6) is -0.489. The van der Waals surface area contributed by atoms with E-state index in [2.05, 4.69) is 5.32 Å². The topological polar surface area (TPSA) is 92.5 Å². The highest BCUT2D eigenvalue weighted by molar-refractivity contribution is 7.98. The Morgan fingerprint density at radius 3 is 2.88 bits per heavy atom. The summed E-state index contributed by atoms with van der Waals surface area (Å²) >= 11 is 7.59. The van der Waals surface area contributed by atoms with Crippen LogP contribution < -0.4 is 11.1 Å². The molecule has 1 aromatic rings. The van der Waals surface area contributed by atoms with Gasteiger partial charge < -0.3 is 11.1 Å². The first-order chi connectivity index (χ1) is 11.4. The maximum atomic E-state index is 12.8. The van der Waals surface area contributed by atoms with Gasteiger partial charge in [-0.1, -0.05) is 11.6 Å². The smallest absolute Gasteiger partial charge is 0.243 e. The van der Waals surface area contributed by atoms with Crippen molar-refractivity contribution >= 4 is 39.3 Å². The standard InChI is InChI=1S/C15H22ClN3O3S2/c1-23-14-5-4-12(9-13(14)16)24(21,22)19-8-2-3-11(10-19)15(20)18-7-6-17/h4-5,9,11H,2-3,6-8,10,17H2,1H3,(H,18,20). The fourth-order valence-corrected chi connectivity index (χ4v) is 5.16. The minimum absolute atomic E-state index is 0.142. The van der Waals surface area contributed by atoms with Gasteiger partial charge in [0.25, 0.3) is 0 Å². The van der Waals surface area contributed by atoms with Crippen LogP contribution in [-0.2, 0) is 14.8 Å². The first-order valence-electron chi connectivity index (χ1n) is 7.71. The Morgan fingerprint density at radius 2 is 2.25 bits per heavy atom. The quantitative estimate of drug-likeness (QED) is 0.717. The highest BCUT2D eigenvalue weighted by atomic mass is 35.5. The van der Waals surface area contributed by atoms with Crippen molar-refractivity contribution in [2.75, 3.05) is 32.4 Å². The van der Waals surface area contributed by atoms with Crippen molar-refractivity contribution < 1.29 is 13.2 Å². The van der Waals surface area contributed by atoms with E-state index in [-0.39, 0.29) is 23.3 Å². The van der Waals surface area contributed by atoms with Crippen molar-refractivity contribution in [3.63, 3.8) is 0 Å². The lowest BCUT2D eigenvalue weighted by molar-refractivity contribution is -0.126. The van der Waals surface area contributed by atoms with Crippen molar-refractivity contribution in [2.45, 2.75) is 22.6 Å². The number of sulfonamides is 1. The van der Waals surface area contributed by atoms with Crippen LogP contribution >= 0.6 is 23.4 Å². The van der Waals surface area contributed by atoms with Crippen LogP contribution in [0.25, 0.3) is 0 Å². The lowest BCUT2D eigenvalue weighted by atomic mass is 9.99. The molecule has 0 radical (unpaired) electrons. The van der Waals surface area contributed by atoms with Gasteiger partial charge in [0, 0.05) is 31.1 Å². The molecule has 3 N–H and O–H groups in total. The number of thioether (sulfide) groups is 1. The maximum absolute atomic E-state index is 12.8. The normalized spacial score (nSPS) is 19.2. The molecule has 1 aliphatic rings. The van der Waals surface area contributed by atoms with E-state index in [0.29, 0.717) is 37.5 Å². The molecular weight excluding hydrogens is 370 g/mol. The largest absolute Gasteiger partial charge is 0.355 e. The molecule has 9 heteroatoms. The zero-order valence-electron chi connectivity index (χ0n) is 13.5. The molecule has 0 aliphatic carbocycles. The van der Waals surface area contributed by atoms with Crippen LogP contribution in [0.1, 0.15) is 12.8 Å². The first-order valence-corrected chi connectivity index (χ1v) is 10.8. The Kier molecular flexibility index (Phi) is 6.94. The van der Waals surface area contributed by atoms with E-state index in [1.54, 1.807) is 12.1 Å². The molecule has 1 fully saturated rings. The predicted molar refractivity (Wildman–Crippen MR) is 96.8 cm³/mol.